The maximum atomic E-state index is 6.84. The maximum Gasteiger partial charge on any atom is 0.139 e. The van der Waals surface area contributed by atoms with E-state index in [0.717, 1.165) is 105 Å². The Labute approximate surface area is 368 Å². The molecule has 0 atom stereocenters. The van der Waals surface area contributed by atoms with Crippen LogP contribution in [0.25, 0.3) is 65.4 Å². The zero-order valence-corrected chi connectivity index (χ0v) is 37.5. The lowest BCUT2D eigenvalue weighted by Crippen LogP contribution is -2.11. The van der Waals surface area contributed by atoms with E-state index in [4.69, 9.17) is 8.83 Å². The fourth-order valence-electron chi connectivity index (χ4n) is 10.3. The van der Waals surface area contributed by atoms with E-state index in [1.807, 2.05) is 0 Å². The van der Waals surface area contributed by atoms with Crippen LogP contribution in [0.3, 0.4) is 0 Å². The van der Waals surface area contributed by atoms with Gasteiger partial charge in [-0.3, -0.25) is 0 Å². The molecule has 11 rings (SSSR count). The summed E-state index contributed by atoms with van der Waals surface area (Å²) < 4.78 is 13.6. The van der Waals surface area contributed by atoms with E-state index in [1.165, 1.54) is 44.5 Å². The molecule has 2 aromatic heterocycles. The zero-order valence-electron chi connectivity index (χ0n) is 37.5. The minimum absolute atomic E-state index is 0.869. The summed E-state index contributed by atoms with van der Waals surface area (Å²) >= 11 is 0. The van der Waals surface area contributed by atoms with Crippen LogP contribution in [0.4, 0.5) is 34.1 Å². The van der Waals surface area contributed by atoms with Crippen molar-refractivity contribution < 1.29 is 8.83 Å². The quantitative estimate of drug-likeness (QED) is 0.167. The second-order valence-corrected chi connectivity index (χ2v) is 18.3. The summed E-state index contributed by atoms with van der Waals surface area (Å²) in [6.45, 7) is 19.5. The molecule has 0 aliphatic heterocycles. The molecule has 4 nitrogen and oxygen atoms in total. The number of aryl methyl sites for hydroxylation is 9. The van der Waals surface area contributed by atoms with Gasteiger partial charge in [-0.15, -0.1) is 0 Å². The molecular weight excluding hydrogens is 769 g/mol. The minimum Gasteiger partial charge on any atom is -0.456 e. The van der Waals surface area contributed by atoms with Crippen molar-refractivity contribution in [2.45, 2.75) is 62.3 Å². The van der Waals surface area contributed by atoms with E-state index >= 15 is 0 Å². The molecule has 11 aromatic rings. The van der Waals surface area contributed by atoms with Crippen molar-refractivity contribution in [3.05, 3.63) is 190 Å². The first-order valence-corrected chi connectivity index (χ1v) is 21.9. The highest BCUT2D eigenvalue weighted by molar-refractivity contribution is 6.20. The van der Waals surface area contributed by atoms with Crippen molar-refractivity contribution in [3.8, 4) is 0 Å². The van der Waals surface area contributed by atoms with Crippen LogP contribution in [0.1, 0.15) is 50.1 Å². The first-order chi connectivity index (χ1) is 30.3. The molecule has 0 unspecified atom stereocenters. The number of hydrogen-bond acceptors (Lipinski definition) is 4. The van der Waals surface area contributed by atoms with Crippen LogP contribution in [-0.4, -0.2) is 0 Å². The highest BCUT2D eigenvalue weighted by Crippen LogP contribution is 2.45. The third-order valence-electron chi connectivity index (χ3n) is 12.7. The van der Waals surface area contributed by atoms with Crippen LogP contribution in [-0.2, 0) is 0 Å². The van der Waals surface area contributed by atoms with Gasteiger partial charge in [0.25, 0.3) is 0 Å². The molecule has 2 heterocycles. The summed E-state index contributed by atoms with van der Waals surface area (Å²) in [6, 6.07) is 51.8. The lowest BCUT2D eigenvalue weighted by molar-refractivity contribution is 0.662. The SMILES string of the molecule is Cc1cc(C)cc(N(c2cc(C)cc(C)c2)c2ccc3cc4c(cc3c2)oc2c(C)c3c(cc24)oc2cc4cc(N(c5cc(C)cc(C)c5)c5cc(C)cc(C)c5)ccc4cc23)c1. The van der Waals surface area contributed by atoms with Gasteiger partial charge >= 0.3 is 0 Å². The molecule has 308 valence electrons. The van der Waals surface area contributed by atoms with Crippen LogP contribution < -0.4 is 9.80 Å². The van der Waals surface area contributed by atoms with Crippen LogP contribution in [0.5, 0.6) is 0 Å². The van der Waals surface area contributed by atoms with Gasteiger partial charge in [0.1, 0.15) is 22.3 Å². The van der Waals surface area contributed by atoms with E-state index in [0.29, 0.717) is 0 Å². The largest absolute Gasteiger partial charge is 0.456 e. The van der Waals surface area contributed by atoms with Crippen molar-refractivity contribution in [2.24, 2.45) is 0 Å². The summed E-state index contributed by atoms with van der Waals surface area (Å²) in [6.07, 6.45) is 0. The van der Waals surface area contributed by atoms with Crippen molar-refractivity contribution >= 4 is 99.5 Å². The van der Waals surface area contributed by atoms with Gasteiger partial charge in [-0.2, -0.15) is 0 Å². The first-order valence-electron chi connectivity index (χ1n) is 21.9. The molecule has 0 N–H and O–H groups in total. The van der Waals surface area contributed by atoms with Gasteiger partial charge in [-0.1, -0.05) is 36.4 Å². The van der Waals surface area contributed by atoms with Gasteiger partial charge < -0.3 is 18.6 Å². The Morgan fingerprint density at radius 2 is 0.667 bits per heavy atom. The van der Waals surface area contributed by atoms with E-state index in [1.54, 1.807) is 0 Å². The summed E-state index contributed by atoms with van der Waals surface area (Å²) in [4.78, 5) is 4.75. The second kappa shape index (κ2) is 14.4. The molecule has 0 fully saturated rings. The number of fused-ring (bicyclic) bond motifs is 8. The topological polar surface area (TPSA) is 32.8 Å². The Kier molecular flexibility index (Phi) is 8.82. The molecule has 0 amide bonds. The van der Waals surface area contributed by atoms with Gasteiger partial charge in [0.15, 0.2) is 0 Å². The van der Waals surface area contributed by atoms with Gasteiger partial charge in [-0.25, -0.2) is 0 Å². The van der Waals surface area contributed by atoms with Crippen LogP contribution in [0.15, 0.2) is 148 Å². The summed E-state index contributed by atoms with van der Waals surface area (Å²) in [5, 5.41) is 8.93. The summed E-state index contributed by atoms with van der Waals surface area (Å²) in [7, 11) is 0. The number of hydrogen-bond donors (Lipinski definition) is 0. The van der Waals surface area contributed by atoms with Gasteiger partial charge in [0.2, 0.25) is 0 Å². The number of furan rings is 2. The molecule has 0 aliphatic carbocycles. The lowest BCUT2D eigenvalue weighted by Gasteiger charge is -2.27. The summed E-state index contributed by atoms with van der Waals surface area (Å²) in [5.74, 6) is 0. The predicted octanol–water partition coefficient (Wildman–Crippen LogP) is 17.5. The fourth-order valence-corrected chi connectivity index (χ4v) is 10.3. The third-order valence-corrected chi connectivity index (χ3v) is 12.7. The number of anilines is 6. The zero-order chi connectivity index (χ0) is 43.4. The Balaban J connectivity index is 1.03. The molecular formula is C59H50N2O2. The average Bonchev–Trinajstić information content (AvgIpc) is 3.75. The van der Waals surface area contributed by atoms with E-state index in [2.05, 4.69) is 212 Å². The Morgan fingerprint density at radius 1 is 0.286 bits per heavy atom. The van der Waals surface area contributed by atoms with Crippen molar-refractivity contribution in [1.29, 1.82) is 0 Å². The first kappa shape index (κ1) is 38.6. The average molecular weight is 819 g/mol. The fraction of sp³-hybridized carbons (Fsp3) is 0.153. The highest BCUT2D eigenvalue weighted by Gasteiger charge is 2.21. The minimum atomic E-state index is 0.869. The molecule has 9 aromatic carbocycles. The van der Waals surface area contributed by atoms with Gasteiger partial charge in [0.05, 0.1) is 0 Å². The van der Waals surface area contributed by atoms with Gasteiger partial charge in [0, 0.05) is 61.2 Å². The maximum absolute atomic E-state index is 6.84. The Hall–Kier alpha value is -7.30. The van der Waals surface area contributed by atoms with Crippen molar-refractivity contribution in [3.63, 3.8) is 0 Å². The van der Waals surface area contributed by atoms with Gasteiger partial charge in [-0.05, 0) is 231 Å². The molecule has 0 spiro atoms. The molecule has 63 heavy (non-hydrogen) atoms. The smallest absolute Gasteiger partial charge is 0.139 e. The summed E-state index contributed by atoms with van der Waals surface area (Å²) in [5.41, 5.74) is 21.3. The van der Waals surface area contributed by atoms with E-state index in [9.17, 15) is 0 Å². The standard InChI is InChI=1S/C59H50N2O2/c1-33-14-34(2)19-48(18-33)60(49-20-35(3)15-36(4)21-49)46-12-10-42-28-52-53-32-57-58(41(9)59(53)63-55(52)30-44(42)26-46)54-29-43-11-13-47(27-45(43)31-56(54)62-57)61(50-22-37(5)16-38(6)23-50)51-24-39(7)17-40(8)25-51/h10-32H,1-9H3. The number of nitrogens with zero attached hydrogens (tertiary/aromatic N) is 2. The lowest BCUT2D eigenvalue weighted by atomic mass is 10.00. The monoisotopic (exact) mass is 818 g/mol. The molecule has 0 saturated heterocycles. The van der Waals surface area contributed by atoms with Crippen LogP contribution in [0.2, 0.25) is 0 Å². The Morgan fingerprint density at radius 3 is 1.08 bits per heavy atom. The molecule has 0 radical (unpaired) electrons. The van der Waals surface area contributed by atoms with E-state index < -0.39 is 0 Å². The predicted molar refractivity (Wildman–Crippen MR) is 268 cm³/mol. The van der Waals surface area contributed by atoms with Crippen LogP contribution >= 0.6 is 0 Å². The molecule has 0 saturated carbocycles. The van der Waals surface area contributed by atoms with Crippen molar-refractivity contribution in [1.82, 2.24) is 0 Å². The van der Waals surface area contributed by atoms with E-state index in [-0.39, 0.29) is 0 Å². The molecule has 0 bridgehead atoms. The van der Waals surface area contributed by atoms with Crippen molar-refractivity contribution in [2.75, 3.05) is 9.80 Å². The highest BCUT2D eigenvalue weighted by atomic mass is 16.3. The van der Waals surface area contributed by atoms with Crippen LogP contribution in [0, 0.1) is 62.3 Å². The number of benzene rings is 9. The molecule has 4 heteroatoms. The third kappa shape index (κ3) is 6.69. The second-order valence-electron chi connectivity index (χ2n) is 18.3. The molecule has 0 aliphatic rings. The Bertz CT molecular complexity index is 3390. The number of rotatable bonds is 6. The normalized spacial score (nSPS) is 11.9.